The topological polar surface area (TPSA) is 99.2 Å². The molecule has 1 aromatic carbocycles. The minimum Gasteiger partial charge on any atom is -0.497 e. The first-order valence-electron chi connectivity index (χ1n) is 11.0. The van der Waals surface area contributed by atoms with E-state index in [1.807, 2.05) is 23.1 Å². The van der Waals surface area contributed by atoms with Crippen LogP contribution >= 0.6 is 0 Å². The standard InChI is InChI=1S/C22H31N3O3.CH2O2/c1-24-13-11-22(21(27)23-17-7-4-8-17)10-5-12-25(19(22)15-24)20(26)16-6-3-9-18(14-16)28-2;2-1-3/h3,6,9,14,17,19H,4-5,7-8,10-13,15H2,1-2H3,(H,23,27);1H,(H,2,3)/t19-,22+;/m0./s1. The normalized spacial score (nSPS) is 25.9. The van der Waals surface area contributed by atoms with Gasteiger partial charge in [-0.3, -0.25) is 14.4 Å². The monoisotopic (exact) mass is 431 g/mol. The second-order valence-electron chi connectivity index (χ2n) is 8.72. The van der Waals surface area contributed by atoms with Gasteiger partial charge in [-0.1, -0.05) is 6.07 Å². The van der Waals surface area contributed by atoms with Gasteiger partial charge in [0.25, 0.3) is 12.4 Å². The van der Waals surface area contributed by atoms with Gasteiger partial charge < -0.3 is 25.0 Å². The maximum absolute atomic E-state index is 13.4. The minimum atomic E-state index is -0.463. The van der Waals surface area contributed by atoms with Gasteiger partial charge in [0.2, 0.25) is 5.91 Å². The highest BCUT2D eigenvalue weighted by molar-refractivity contribution is 5.96. The van der Waals surface area contributed by atoms with Crippen LogP contribution in [0.4, 0.5) is 0 Å². The number of nitrogens with one attached hydrogen (secondary N) is 1. The summed E-state index contributed by atoms with van der Waals surface area (Å²) in [6.45, 7) is 2.09. The van der Waals surface area contributed by atoms with E-state index in [-0.39, 0.29) is 24.3 Å². The Balaban J connectivity index is 0.000000858. The van der Waals surface area contributed by atoms with Crippen molar-refractivity contribution in [2.75, 3.05) is 33.8 Å². The Bertz CT molecular complexity index is 797. The van der Waals surface area contributed by atoms with Crippen LogP contribution in [0.3, 0.4) is 0 Å². The summed E-state index contributed by atoms with van der Waals surface area (Å²) in [6.07, 6.45) is 5.91. The maximum Gasteiger partial charge on any atom is 0.290 e. The number of carbonyl (C=O) groups excluding carboxylic acids is 2. The van der Waals surface area contributed by atoms with Gasteiger partial charge >= 0.3 is 0 Å². The Morgan fingerprint density at radius 3 is 2.61 bits per heavy atom. The molecular weight excluding hydrogens is 398 g/mol. The summed E-state index contributed by atoms with van der Waals surface area (Å²) >= 11 is 0. The van der Waals surface area contributed by atoms with Crippen molar-refractivity contribution in [1.82, 2.24) is 15.1 Å². The van der Waals surface area contributed by atoms with Crippen LogP contribution in [0.2, 0.25) is 0 Å². The molecule has 0 bridgehead atoms. The molecule has 1 aliphatic carbocycles. The molecule has 2 aliphatic heterocycles. The van der Waals surface area contributed by atoms with Crippen molar-refractivity contribution >= 4 is 18.3 Å². The van der Waals surface area contributed by atoms with Gasteiger partial charge in [0, 0.05) is 24.7 Å². The fourth-order valence-corrected chi connectivity index (χ4v) is 4.95. The maximum atomic E-state index is 13.4. The number of piperidine rings is 2. The average Bonchev–Trinajstić information content (AvgIpc) is 2.75. The van der Waals surface area contributed by atoms with Gasteiger partial charge in [-0.05, 0) is 70.3 Å². The molecule has 3 fully saturated rings. The third kappa shape index (κ3) is 4.84. The Labute approximate surface area is 183 Å². The molecule has 2 amide bonds. The molecular formula is C23H33N3O5. The highest BCUT2D eigenvalue weighted by Crippen LogP contribution is 2.43. The molecule has 3 aliphatic rings. The Morgan fingerprint density at radius 2 is 1.97 bits per heavy atom. The lowest BCUT2D eigenvalue weighted by atomic mass is 9.67. The Hall–Kier alpha value is -2.61. The molecule has 0 unspecified atom stereocenters. The predicted octanol–water partition coefficient (Wildman–Crippen LogP) is 1.99. The van der Waals surface area contributed by atoms with E-state index in [0.29, 0.717) is 23.9 Å². The van der Waals surface area contributed by atoms with Gasteiger partial charge in [-0.25, -0.2) is 0 Å². The molecule has 31 heavy (non-hydrogen) atoms. The third-order valence-corrected chi connectivity index (χ3v) is 6.93. The first-order chi connectivity index (χ1) is 14.9. The van der Waals surface area contributed by atoms with Gasteiger partial charge in [0.05, 0.1) is 18.6 Å². The largest absolute Gasteiger partial charge is 0.497 e. The number of likely N-dealkylation sites (tertiary alicyclic amines) is 2. The Kier molecular flexibility index (Phi) is 7.54. The molecule has 1 aromatic rings. The van der Waals surface area contributed by atoms with Crippen LogP contribution in [0.5, 0.6) is 5.75 Å². The van der Waals surface area contributed by atoms with E-state index in [9.17, 15) is 9.59 Å². The van der Waals surface area contributed by atoms with E-state index in [1.54, 1.807) is 13.2 Å². The van der Waals surface area contributed by atoms with Crippen molar-refractivity contribution in [3.05, 3.63) is 29.8 Å². The van der Waals surface area contributed by atoms with E-state index in [1.165, 1.54) is 6.42 Å². The number of carbonyl (C=O) groups is 3. The first kappa shape index (κ1) is 23.1. The van der Waals surface area contributed by atoms with Crippen LogP contribution in [0.15, 0.2) is 24.3 Å². The molecule has 2 saturated heterocycles. The molecule has 1 saturated carbocycles. The molecule has 0 spiro atoms. The molecule has 2 atom stereocenters. The molecule has 2 N–H and O–H groups in total. The molecule has 0 aromatic heterocycles. The number of nitrogens with zero attached hydrogens (tertiary/aromatic N) is 2. The number of ether oxygens (including phenoxy) is 1. The summed E-state index contributed by atoms with van der Waals surface area (Å²) in [4.78, 5) is 39.3. The number of methoxy groups -OCH3 is 1. The summed E-state index contributed by atoms with van der Waals surface area (Å²) in [5, 5.41) is 10.2. The fraction of sp³-hybridized carbons (Fsp3) is 0.609. The van der Waals surface area contributed by atoms with Crippen LogP contribution in [-0.4, -0.2) is 79.1 Å². The van der Waals surface area contributed by atoms with Crippen molar-refractivity contribution in [1.29, 1.82) is 0 Å². The highest BCUT2D eigenvalue weighted by Gasteiger charge is 2.53. The molecule has 8 nitrogen and oxygen atoms in total. The zero-order chi connectivity index (χ0) is 22.4. The second-order valence-corrected chi connectivity index (χ2v) is 8.72. The molecule has 0 radical (unpaired) electrons. The number of rotatable bonds is 4. The lowest BCUT2D eigenvalue weighted by molar-refractivity contribution is -0.143. The number of fused-ring (bicyclic) bond motifs is 1. The number of carboxylic acid groups (broad SMARTS) is 1. The third-order valence-electron chi connectivity index (χ3n) is 6.93. The molecule has 8 heteroatoms. The summed E-state index contributed by atoms with van der Waals surface area (Å²) in [7, 11) is 3.69. The van der Waals surface area contributed by atoms with Crippen LogP contribution < -0.4 is 10.1 Å². The minimum absolute atomic E-state index is 0.000260. The van der Waals surface area contributed by atoms with Crippen molar-refractivity contribution < 1.29 is 24.2 Å². The molecule has 2 heterocycles. The van der Waals surface area contributed by atoms with Crippen LogP contribution in [0.25, 0.3) is 0 Å². The zero-order valence-electron chi connectivity index (χ0n) is 18.4. The number of benzene rings is 1. The van der Waals surface area contributed by atoms with Crippen LogP contribution in [0, 0.1) is 5.41 Å². The van der Waals surface area contributed by atoms with Gasteiger partial charge in [-0.2, -0.15) is 0 Å². The number of hydrogen-bond donors (Lipinski definition) is 2. The van der Waals surface area contributed by atoms with Gasteiger partial charge in [0.15, 0.2) is 0 Å². The van der Waals surface area contributed by atoms with Crippen LogP contribution in [-0.2, 0) is 9.59 Å². The lowest BCUT2D eigenvalue weighted by Crippen LogP contribution is -2.67. The first-order valence-corrected chi connectivity index (χ1v) is 11.0. The van der Waals surface area contributed by atoms with E-state index >= 15 is 0 Å². The quantitative estimate of drug-likeness (QED) is 0.708. The summed E-state index contributed by atoms with van der Waals surface area (Å²) in [6, 6.07) is 7.56. The fourth-order valence-electron chi connectivity index (χ4n) is 4.95. The molecule has 4 rings (SSSR count). The van der Waals surface area contributed by atoms with Crippen molar-refractivity contribution in [2.24, 2.45) is 5.41 Å². The van der Waals surface area contributed by atoms with Gasteiger partial charge in [-0.15, -0.1) is 0 Å². The molecule has 170 valence electrons. The van der Waals surface area contributed by atoms with E-state index in [2.05, 4.69) is 17.3 Å². The number of hydrogen-bond acceptors (Lipinski definition) is 5. The second kappa shape index (κ2) is 10.1. The predicted molar refractivity (Wildman–Crippen MR) is 116 cm³/mol. The van der Waals surface area contributed by atoms with Crippen molar-refractivity contribution in [2.45, 2.75) is 50.6 Å². The lowest BCUT2D eigenvalue weighted by Gasteiger charge is -2.54. The van der Waals surface area contributed by atoms with Crippen molar-refractivity contribution in [3.8, 4) is 5.75 Å². The Morgan fingerprint density at radius 1 is 1.23 bits per heavy atom. The number of amides is 2. The smallest absolute Gasteiger partial charge is 0.290 e. The number of likely N-dealkylation sites (N-methyl/N-ethyl adjacent to an activating group) is 1. The zero-order valence-corrected chi connectivity index (χ0v) is 18.4. The summed E-state index contributed by atoms with van der Waals surface area (Å²) < 4.78 is 5.29. The SMILES string of the molecule is COc1cccc(C(=O)N2CCC[C@@]3(C(=O)NC4CCC4)CCN(C)C[C@H]23)c1.O=CO. The highest BCUT2D eigenvalue weighted by atomic mass is 16.5. The van der Waals surface area contributed by atoms with Crippen LogP contribution in [0.1, 0.15) is 48.9 Å². The van der Waals surface area contributed by atoms with E-state index < -0.39 is 5.41 Å². The van der Waals surface area contributed by atoms with E-state index in [4.69, 9.17) is 14.6 Å². The summed E-state index contributed by atoms with van der Waals surface area (Å²) in [5.41, 5.74) is 0.164. The van der Waals surface area contributed by atoms with Gasteiger partial charge in [0.1, 0.15) is 5.75 Å². The van der Waals surface area contributed by atoms with Crippen molar-refractivity contribution in [3.63, 3.8) is 0 Å². The summed E-state index contributed by atoms with van der Waals surface area (Å²) in [5.74, 6) is 0.843. The van der Waals surface area contributed by atoms with E-state index in [0.717, 1.165) is 45.2 Å². The average molecular weight is 432 g/mol.